The molecule has 2 aromatic carbocycles. The van der Waals surface area contributed by atoms with Gasteiger partial charge in [-0.3, -0.25) is 19.8 Å². The molecule has 2 aliphatic heterocycles. The fourth-order valence-electron chi connectivity index (χ4n) is 10.9. The molecule has 70 heavy (non-hydrogen) atoms. The fraction of sp³-hybridized carbons (Fsp3) is 0.510. The molecule has 1 amide bonds. The third-order valence-corrected chi connectivity index (χ3v) is 16.3. The van der Waals surface area contributed by atoms with E-state index in [9.17, 15) is 32.8 Å². The van der Waals surface area contributed by atoms with Gasteiger partial charge in [-0.2, -0.15) is 4.98 Å². The minimum atomic E-state index is -4.73. The zero-order valence-electron chi connectivity index (χ0n) is 40.4. The number of nitrogens with one attached hydrogen (secondary N) is 3. The number of ether oxygens (including phenoxy) is 3. The average Bonchev–Trinajstić information content (AvgIpc) is 3.68. The fourth-order valence-corrected chi connectivity index (χ4v) is 11.8. The molecule has 4 N–H and O–H groups in total. The van der Waals surface area contributed by atoms with Gasteiger partial charge in [0, 0.05) is 62.3 Å². The number of sulfonamides is 1. The number of hydrogen-bond donors (Lipinski definition) is 4. The maximum absolute atomic E-state index is 14.9. The highest BCUT2D eigenvalue weighted by molar-refractivity contribution is 7.90. The van der Waals surface area contributed by atoms with Crippen LogP contribution in [-0.4, -0.2) is 101 Å². The monoisotopic (exact) mass is 982 g/mol. The summed E-state index contributed by atoms with van der Waals surface area (Å²) in [6.07, 6.45) is 8.96. The second-order valence-corrected chi connectivity index (χ2v) is 22.0. The Labute approximate surface area is 407 Å². The first-order chi connectivity index (χ1) is 33.4. The van der Waals surface area contributed by atoms with Gasteiger partial charge in [-0.05, 0) is 113 Å². The van der Waals surface area contributed by atoms with E-state index in [-0.39, 0.29) is 69.9 Å². The van der Waals surface area contributed by atoms with Gasteiger partial charge in [0.1, 0.15) is 22.1 Å². The van der Waals surface area contributed by atoms with Gasteiger partial charge in [0.15, 0.2) is 5.75 Å². The Bertz CT molecular complexity index is 2850. The Morgan fingerprint density at radius 3 is 2.54 bits per heavy atom. The Balaban J connectivity index is 0.940. The number of piperidine rings is 1. The second kappa shape index (κ2) is 19.7. The molecule has 2 saturated heterocycles. The minimum absolute atomic E-state index is 0.00622. The molecule has 4 fully saturated rings. The van der Waals surface area contributed by atoms with Crippen molar-refractivity contribution in [3.05, 3.63) is 99.6 Å². The zero-order chi connectivity index (χ0) is 49.5. The van der Waals surface area contributed by atoms with E-state index in [4.69, 9.17) is 14.2 Å². The van der Waals surface area contributed by atoms with Gasteiger partial charge in [-0.25, -0.2) is 22.5 Å². The SMILES string of the molecule is CCOc1nc2[nH]cc(F)c2cc1Oc1cc(N2CCC3(CC2)CC(N2C[C@@H](C)OC[C@H]2c2ccccc2C(C)C)C3)ccc1C(=O)NS(=O)(=O)c1cnc(NCC2CCC(C)(O)CC2)c([N+](=O)[O-])c1. The van der Waals surface area contributed by atoms with E-state index in [0.717, 1.165) is 69.5 Å². The first kappa shape index (κ1) is 49.1. The molecule has 3 aromatic heterocycles. The average molecular weight is 983 g/mol. The van der Waals surface area contributed by atoms with Gasteiger partial charge in [0.25, 0.3) is 21.8 Å². The number of aliphatic hydroxyl groups is 1. The molecule has 9 rings (SSSR count). The topological polar surface area (TPSA) is 214 Å². The Morgan fingerprint density at radius 1 is 1.09 bits per heavy atom. The van der Waals surface area contributed by atoms with Crippen molar-refractivity contribution in [2.24, 2.45) is 11.3 Å². The number of amides is 1. The van der Waals surface area contributed by atoms with Gasteiger partial charge < -0.3 is 34.5 Å². The van der Waals surface area contributed by atoms with Gasteiger partial charge in [0.2, 0.25) is 5.82 Å². The third kappa shape index (κ3) is 10.3. The molecule has 1 spiro atoms. The Morgan fingerprint density at radius 2 is 1.83 bits per heavy atom. The van der Waals surface area contributed by atoms with Crippen molar-refractivity contribution in [2.75, 3.05) is 49.6 Å². The summed E-state index contributed by atoms with van der Waals surface area (Å²) < 4.78 is 63.1. The van der Waals surface area contributed by atoms with Crippen molar-refractivity contribution in [3.63, 3.8) is 0 Å². The molecule has 5 aromatic rings. The lowest BCUT2D eigenvalue weighted by Crippen LogP contribution is -2.59. The van der Waals surface area contributed by atoms with Gasteiger partial charge >= 0.3 is 5.69 Å². The van der Waals surface area contributed by atoms with Gasteiger partial charge in [-0.15, -0.1) is 0 Å². The largest absolute Gasteiger partial charge is 0.475 e. The first-order valence-electron chi connectivity index (χ1n) is 24.4. The molecule has 2 atom stereocenters. The van der Waals surface area contributed by atoms with Crippen LogP contribution in [0.15, 0.2) is 71.9 Å². The summed E-state index contributed by atoms with van der Waals surface area (Å²) in [6, 6.07) is 16.5. The Hall–Kier alpha value is -5.89. The highest BCUT2D eigenvalue weighted by Gasteiger charge is 2.50. The summed E-state index contributed by atoms with van der Waals surface area (Å²) >= 11 is 0. The van der Waals surface area contributed by atoms with Gasteiger partial charge in [0.05, 0.1) is 53.0 Å². The molecule has 0 bridgehead atoms. The minimum Gasteiger partial charge on any atom is -0.475 e. The van der Waals surface area contributed by atoms with E-state index in [2.05, 4.69) is 79.8 Å². The number of hydrogen-bond acceptors (Lipinski definition) is 14. The van der Waals surface area contributed by atoms with Crippen molar-refractivity contribution in [1.82, 2.24) is 24.6 Å². The van der Waals surface area contributed by atoms with Crippen LogP contribution in [0.2, 0.25) is 0 Å². The number of pyridine rings is 2. The normalized spacial score (nSPS) is 23.0. The number of carbonyl (C=O) groups is 1. The highest BCUT2D eigenvalue weighted by atomic mass is 32.2. The summed E-state index contributed by atoms with van der Waals surface area (Å²) in [5.74, 6) is -1.27. The molecule has 2 aliphatic carbocycles. The number of halogens is 1. The molecular weight excluding hydrogens is 920 g/mol. The number of H-pyrrole nitrogens is 1. The van der Waals surface area contributed by atoms with Crippen LogP contribution in [-0.2, 0) is 14.8 Å². The standard InChI is InChI=1S/C51H63FN8O9S/c1-6-67-49-45(23-40-41(52)28-55-46(40)56-49)69-44-21-34(58-19-17-51(18-20-58)24-35(25-51)59-29-32(4)68-30-43(59)38-10-8-7-9-37(38)31(2)3)11-12-39(44)48(61)57-70(65,66)36-22-42(60(63)64)47(54-27-36)53-26-33-13-15-50(5,62)16-14-33/h7-12,21-23,27-28,31-33,35,43,62H,6,13-20,24-26,29-30H2,1-5H3,(H,53,54)(H,55,56)(H,57,61)/t32-,33?,43+,50?/m1/s1. The van der Waals surface area contributed by atoms with Crippen molar-refractivity contribution < 1.29 is 41.8 Å². The lowest BCUT2D eigenvalue weighted by molar-refractivity contribution is -0.384. The van der Waals surface area contributed by atoms with E-state index >= 15 is 0 Å². The number of carbonyl (C=O) groups excluding carboxylic acids is 1. The van der Waals surface area contributed by atoms with Crippen LogP contribution in [0.3, 0.4) is 0 Å². The summed E-state index contributed by atoms with van der Waals surface area (Å²) in [5.41, 5.74) is 2.33. The molecule has 4 aliphatic rings. The number of rotatable bonds is 15. The quantitative estimate of drug-likeness (QED) is 0.0569. The number of benzene rings is 2. The van der Waals surface area contributed by atoms with Crippen LogP contribution in [0.4, 0.5) is 21.6 Å². The molecule has 374 valence electrons. The van der Waals surface area contributed by atoms with Crippen molar-refractivity contribution >= 4 is 44.2 Å². The summed E-state index contributed by atoms with van der Waals surface area (Å²) in [4.78, 5) is 41.2. The van der Waals surface area contributed by atoms with Crippen LogP contribution < -0.4 is 24.4 Å². The summed E-state index contributed by atoms with van der Waals surface area (Å²) in [5, 5.41) is 25.6. The zero-order valence-corrected chi connectivity index (χ0v) is 41.2. The molecule has 17 nitrogen and oxygen atoms in total. The van der Waals surface area contributed by atoms with Gasteiger partial charge in [-0.1, -0.05) is 38.1 Å². The van der Waals surface area contributed by atoms with E-state index in [1.54, 1.807) is 26.0 Å². The first-order valence-corrected chi connectivity index (χ1v) is 25.9. The predicted octanol–water partition coefficient (Wildman–Crippen LogP) is 9.00. The van der Waals surface area contributed by atoms with Crippen LogP contribution >= 0.6 is 0 Å². The number of aromatic amines is 1. The van der Waals surface area contributed by atoms with Crippen molar-refractivity contribution in [1.29, 1.82) is 0 Å². The van der Waals surface area contributed by atoms with Crippen molar-refractivity contribution in [2.45, 2.75) is 121 Å². The smallest absolute Gasteiger partial charge is 0.312 e. The number of anilines is 2. The maximum Gasteiger partial charge on any atom is 0.312 e. The Kier molecular flexibility index (Phi) is 13.8. The predicted molar refractivity (Wildman–Crippen MR) is 263 cm³/mol. The molecular formula is C51H63FN8O9S. The second-order valence-electron chi connectivity index (χ2n) is 20.3. The maximum atomic E-state index is 14.9. The lowest BCUT2D eigenvalue weighted by Gasteiger charge is -2.58. The molecule has 0 radical (unpaired) electrons. The summed E-state index contributed by atoms with van der Waals surface area (Å²) in [6.45, 7) is 13.7. The molecule has 0 unspecified atom stereocenters. The number of nitrogens with zero attached hydrogens (tertiary/aromatic N) is 5. The third-order valence-electron chi connectivity index (χ3n) is 15.0. The number of morpholine rings is 1. The molecule has 5 heterocycles. The van der Waals surface area contributed by atoms with Crippen LogP contribution in [0.25, 0.3) is 11.0 Å². The van der Waals surface area contributed by atoms with Crippen LogP contribution in [0.1, 0.15) is 119 Å². The number of aromatic nitrogens is 3. The number of nitro groups is 1. The highest BCUT2D eigenvalue weighted by Crippen LogP contribution is 2.53. The summed E-state index contributed by atoms with van der Waals surface area (Å²) in [7, 11) is -4.73. The van der Waals surface area contributed by atoms with Crippen LogP contribution in [0.5, 0.6) is 17.4 Å². The van der Waals surface area contributed by atoms with Crippen LogP contribution in [0, 0.1) is 27.3 Å². The van der Waals surface area contributed by atoms with E-state index in [0.29, 0.717) is 50.8 Å². The van der Waals surface area contributed by atoms with E-state index in [1.165, 1.54) is 23.3 Å². The van der Waals surface area contributed by atoms with Crippen molar-refractivity contribution in [3.8, 4) is 17.4 Å². The lowest BCUT2D eigenvalue weighted by atomic mass is 9.59. The molecule has 2 saturated carbocycles. The van der Waals surface area contributed by atoms with E-state index in [1.807, 2.05) is 0 Å². The molecule has 19 heteroatoms. The number of fused-ring (bicyclic) bond motifs is 1. The van der Waals surface area contributed by atoms with E-state index < -0.39 is 42.9 Å².